The Morgan fingerprint density at radius 1 is 0.605 bits per heavy atom. The average Bonchev–Trinajstić information content (AvgIpc) is 3.76. The molecule has 0 unspecified atom stereocenters. The minimum atomic E-state index is -3.91. The number of aromatic nitrogens is 5. The summed E-state index contributed by atoms with van der Waals surface area (Å²) < 4.78 is 50.2. The molecular weight excluding hydrogens is 824 g/mol. The van der Waals surface area contributed by atoms with Crippen molar-refractivity contribution < 1.29 is 8.42 Å². The molecule has 0 amide bonds. The first-order valence-corrected chi connectivity index (χ1v) is 18.1. The monoisotopic (exact) mass is 841 g/mol. The van der Waals surface area contributed by atoms with Gasteiger partial charge in [-0.15, -0.1) is 0 Å². The van der Waals surface area contributed by atoms with E-state index in [0.717, 1.165) is 67.8 Å². The van der Waals surface area contributed by atoms with Crippen molar-refractivity contribution in [1.29, 1.82) is 0 Å². The topological polar surface area (TPSA) is 90.6 Å². The molecule has 3 aromatic heterocycles. The summed E-state index contributed by atoms with van der Waals surface area (Å²) in [5.41, 5.74) is 9.43. The van der Waals surface area contributed by atoms with Crippen molar-refractivity contribution in [2.75, 3.05) is 0 Å². The largest absolute Gasteiger partial charge is 0.268 e. The van der Waals surface area contributed by atoms with Crippen LogP contribution in [0.25, 0.3) is 66.1 Å². The first-order valence-electron chi connectivity index (χ1n) is 13.0. The Hall–Kier alpha value is -3.05. The maximum atomic E-state index is 14.2. The lowest BCUT2D eigenvalue weighted by Gasteiger charge is -2.10. The number of rotatable bonds is 4. The first kappa shape index (κ1) is 27.5. The summed E-state index contributed by atoms with van der Waals surface area (Å²) in [7, 11) is -3.91. The Labute approximate surface area is 281 Å². The van der Waals surface area contributed by atoms with Crippen LogP contribution >= 0.6 is 68.6 Å². The van der Waals surface area contributed by atoms with Crippen LogP contribution in [0.2, 0.25) is 0 Å². The van der Waals surface area contributed by atoms with Crippen molar-refractivity contribution in [1.82, 2.24) is 21.5 Å². The molecule has 0 aliphatic rings. The Morgan fingerprint density at radius 2 is 1.07 bits per heavy atom. The molecule has 7 nitrogen and oxygen atoms in total. The zero-order chi connectivity index (χ0) is 29.5. The molecule has 0 saturated heterocycles. The van der Waals surface area contributed by atoms with Gasteiger partial charge in [0.25, 0.3) is 10.0 Å². The number of fused-ring (bicyclic) bond motifs is 5. The van der Waals surface area contributed by atoms with Crippen LogP contribution in [0.5, 0.6) is 0 Å². The molecule has 0 fully saturated rings. The van der Waals surface area contributed by atoms with Gasteiger partial charge < -0.3 is 0 Å². The highest BCUT2D eigenvalue weighted by Gasteiger charge is 2.25. The second-order valence-corrected chi connectivity index (χ2v) is 15.3. The Morgan fingerprint density at radius 3 is 1.56 bits per heavy atom. The second kappa shape index (κ2) is 10.3. The van der Waals surface area contributed by atoms with Gasteiger partial charge in [0.1, 0.15) is 22.1 Å². The zero-order valence-corrected chi connectivity index (χ0v) is 28.9. The van der Waals surface area contributed by atoms with E-state index in [2.05, 4.69) is 86.9 Å². The summed E-state index contributed by atoms with van der Waals surface area (Å²) in [6.07, 6.45) is 0. The summed E-state index contributed by atoms with van der Waals surface area (Å²) in [4.78, 5) is 0.242. The van der Waals surface area contributed by atoms with Gasteiger partial charge in [0.2, 0.25) is 0 Å². The number of hydrogen-bond donors (Lipinski definition) is 0. The molecule has 0 radical (unpaired) electrons. The van der Waals surface area contributed by atoms with Crippen LogP contribution in [0.15, 0.2) is 89.8 Å². The minimum absolute atomic E-state index is 0.242. The van der Waals surface area contributed by atoms with Crippen LogP contribution in [0.4, 0.5) is 0 Å². The summed E-state index contributed by atoms with van der Waals surface area (Å²) in [6, 6.07) is 27.0. The number of aryl methyl sites for hydroxylation is 1. The molecule has 0 atom stereocenters. The molecule has 210 valence electrons. The van der Waals surface area contributed by atoms with Crippen molar-refractivity contribution in [3.63, 3.8) is 0 Å². The Kier molecular flexibility index (Phi) is 6.56. The Bertz CT molecular complexity index is 2380. The SMILES string of the molecule is Cc1ccc(S(=O)(=O)n2c3ccc(-c4ccc(I)c5nsnc45)cc3c3cc(-c4ccc(I)c5nsnc45)ccc32)cc1. The first-order chi connectivity index (χ1) is 20.8. The summed E-state index contributed by atoms with van der Waals surface area (Å²) in [5.74, 6) is 0. The number of nitrogens with zero attached hydrogens (tertiary/aromatic N) is 5. The molecule has 0 bridgehead atoms. The molecule has 12 heteroatoms. The molecule has 0 N–H and O–H groups in total. The van der Waals surface area contributed by atoms with E-state index in [1.165, 1.54) is 27.4 Å². The molecule has 0 saturated carbocycles. The van der Waals surface area contributed by atoms with E-state index in [9.17, 15) is 8.42 Å². The lowest BCUT2D eigenvalue weighted by Crippen LogP contribution is -2.12. The predicted molar refractivity (Wildman–Crippen MR) is 191 cm³/mol. The van der Waals surface area contributed by atoms with Gasteiger partial charge in [-0.2, -0.15) is 17.5 Å². The summed E-state index contributed by atoms with van der Waals surface area (Å²) in [5, 5.41) is 1.66. The van der Waals surface area contributed by atoms with Crippen LogP contribution in [0.3, 0.4) is 0 Å². The smallest absolute Gasteiger partial charge is 0.233 e. The molecule has 43 heavy (non-hydrogen) atoms. The molecule has 0 aliphatic heterocycles. The molecule has 8 rings (SSSR count). The van der Waals surface area contributed by atoms with Gasteiger partial charge in [-0.05, 0) is 112 Å². The third-order valence-electron chi connectivity index (χ3n) is 7.63. The lowest BCUT2D eigenvalue weighted by atomic mass is 9.99. The van der Waals surface area contributed by atoms with Crippen LogP contribution in [0.1, 0.15) is 5.56 Å². The van der Waals surface area contributed by atoms with Gasteiger partial charge in [0, 0.05) is 29.0 Å². The normalized spacial score (nSPS) is 12.3. The zero-order valence-electron chi connectivity index (χ0n) is 22.1. The minimum Gasteiger partial charge on any atom is -0.233 e. The van der Waals surface area contributed by atoms with E-state index in [0.29, 0.717) is 11.0 Å². The van der Waals surface area contributed by atoms with Gasteiger partial charge in [0.05, 0.1) is 39.4 Å². The fourth-order valence-corrected chi connectivity index (χ4v) is 9.65. The quantitative estimate of drug-likeness (QED) is 0.165. The lowest BCUT2D eigenvalue weighted by molar-refractivity contribution is 0.590. The third-order valence-corrected chi connectivity index (χ3v) is 12.2. The number of halogens is 2. The van der Waals surface area contributed by atoms with Crippen LogP contribution < -0.4 is 0 Å². The second-order valence-electron chi connectivity index (χ2n) is 10.2. The fraction of sp³-hybridized carbons (Fsp3) is 0.0323. The summed E-state index contributed by atoms with van der Waals surface area (Å²) >= 11 is 6.94. The molecule has 0 aliphatic carbocycles. The molecule has 3 heterocycles. The van der Waals surface area contributed by atoms with Gasteiger partial charge in [0.15, 0.2) is 0 Å². The van der Waals surface area contributed by atoms with Crippen molar-refractivity contribution in [2.24, 2.45) is 0 Å². The maximum absolute atomic E-state index is 14.2. The van der Waals surface area contributed by atoms with E-state index in [-0.39, 0.29) is 4.90 Å². The fourth-order valence-electron chi connectivity index (χ4n) is 5.54. The highest BCUT2D eigenvalue weighted by Crippen LogP contribution is 2.40. The summed E-state index contributed by atoms with van der Waals surface area (Å²) in [6.45, 7) is 1.94. The van der Waals surface area contributed by atoms with Gasteiger partial charge in [-0.1, -0.05) is 42.0 Å². The van der Waals surface area contributed by atoms with Crippen LogP contribution in [0, 0.1) is 14.1 Å². The highest BCUT2D eigenvalue weighted by molar-refractivity contribution is 14.1. The van der Waals surface area contributed by atoms with Crippen molar-refractivity contribution >= 4 is 123 Å². The highest BCUT2D eigenvalue weighted by atomic mass is 127. The number of hydrogen-bond acceptors (Lipinski definition) is 8. The number of benzene rings is 5. The van der Waals surface area contributed by atoms with Gasteiger partial charge in [-0.3, -0.25) is 0 Å². The van der Waals surface area contributed by atoms with Crippen LogP contribution in [-0.4, -0.2) is 29.9 Å². The molecule has 8 aromatic rings. The molecular formula is C31H17I2N5O2S3. The van der Waals surface area contributed by atoms with Gasteiger partial charge >= 0.3 is 0 Å². The van der Waals surface area contributed by atoms with E-state index in [4.69, 9.17) is 0 Å². The van der Waals surface area contributed by atoms with Crippen molar-refractivity contribution in [3.8, 4) is 22.3 Å². The average molecular weight is 842 g/mol. The molecule has 5 aromatic carbocycles. The predicted octanol–water partition coefficient (Wildman–Crippen LogP) is 8.89. The third kappa shape index (κ3) is 4.32. The van der Waals surface area contributed by atoms with E-state index in [1.807, 2.05) is 55.5 Å². The standard InChI is InChI=1S/C31H17I2N5O2S3/c1-16-2-6-19(7-3-16)43(39,40)38-26-12-4-17(20-8-10-24(32)30-28(20)34-41-36-30)14-22(26)23-15-18(5-13-27(23)38)21-9-11-25(33)31-29(21)35-42-37-31/h2-15H,1H3. The van der Waals surface area contributed by atoms with E-state index < -0.39 is 10.0 Å². The maximum Gasteiger partial charge on any atom is 0.268 e. The van der Waals surface area contributed by atoms with Crippen molar-refractivity contribution in [2.45, 2.75) is 11.8 Å². The van der Waals surface area contributed by atoms with Crippen LogP contribution in [-0.2, 0) is 10.0 Å². The van der Waals surface area contributed by atoms with E-state index in [1.54, 1.807) is 12.1 Å². The van der Waals surface area contributed by atoms with E-state index >= 15 is 0 Å². The van der Waals surface area contributed by atoms with Gasteiger partial charge in [-0.25, -0.2) is 12.4 Å². The van der Waals surface area contributed by atoms with Crippen molar-refractivity contribution in [3.05, 3.63) is 97.6 Å². The Balaban J connectivity index is 1.44. The molecule has 0 spiro atoms.